The van der Waals surface area contributed by atoms with Crippen LogP contribution in [0.15, 0.2) is 12.1 Å². The minimum atomic E-state index is -0.870. The van der Waals surface area contributed by atoms with Crippen molar-refractivity contribution < 1.29 is 19.4 Å². The monoisotopic (exact) mass is 312 g/mol. The molecule has 0 aromatic heterocycles. The van der Waals surface area contributed by atoms with Gasteiger partial charge in [0.2, 0.25) is 0 Å². The third-order valence-electron chi connectivity index (χ3n) is 3.55. The predicted molar refractivity (Wildman–Crippen MR) is 79.1 cm³/mol. The van der Waals surface area contributed by atoms with Crippen LogP contribution in [-0.4, -0.2) is 42.2 Å². The molecule has 2 amide bonds. The molecule has 0 spiro atoms. The van der Waals surface area contributed by atoms with Crippen LogP contribution in [0.25, 0.3) is 0 Å². The largest absolute Gasteiger partial charge is 0.495 e. The van der Waals surface area contributed by atoms with Crippen molar-refractivity contribution in [3.8, 4) is 5.75 Å². The Hall–Kier alpha value is -1.95. The van der Waals surface area contributed by atoms with Crippen molar-refractivity contribution in [2.45, 2.75) is 13.3 Å². The lowest BCUT2D eigenvalue weighted by Crippen LogP contribution is -2.33. The van der Waals surface area contributed by atoms with E-state index < -0.39 is 11.9 Å². The molecule has 21 heavy (non-hydrogen) atoms. The maximum absolute atomic E-state index is 12.2. The zero-order valence-electron chi connectivity index (χ0n) is 11.9. The van der Waals surface area contributed by atoms with Gasteiger partial charge in [-0.2, -0.15) is 0 Å². The Morgan fingerprint density at radius 3 is 2.76 bits per heavy atom. The fourth-order valence-corrected chi connectivity index (χ4v) is 2.42. The molecule has 114 valence electrons. The average molecular weight is 313 g/mol. The van der Waals surface area contributed by atoms with Gasteiger partial charge in [0.15, 0.2) is 0 Å². The number of likely N-dealkylation sites (tertiary alicyclic amines) is 1. The van der Waals surface area contributed by atoms with E-state index in [-0.39, 0.29) is 12.6 Å². The zero-order valence-corrected chi connectivity index (χ0v) is 12.6. The Bertz CT molecular complexity index is 576. The summed E-state index contributed by atoms with van der Waals surface area (Å²) in [7, 11) is 1.49. The van der Waals surface area contributed by atoms with E-state index in [1.165, 1.54) is 12.0 Å². The van der Waals surface area contributed by atoms with Gasteiger partial charge in [0.1, 0.15) is 5.75 Å². The number of carboxylic acid groups (broad SMARTS) is 1. The quantitative estimate of drug-likeness (QED) is 0.899. The van der Waals surface area contributed by atoms with Gasteiger partial charge in [0, 0.05) is 24.2 Å². The van der Waals surface area contributed by atoms with Gasteiger partial charge in [-0.25, -0.2) is 4.79 Å². The summed E-state index contributed by atoms with van der Waals surface area (Å²) in [6.45, 7) is 2.47. The number of halogens is 1. The molecule has 2 N–H and O–H groups in total. The Morgan fingerprint density at radius 2 is 2.19 bits per heavy atom. The summed E-state index contributed by atoms with van der Waals surface area (Å²) in [5, 5.41) is 12.3. The summed E-state index contributed by atoms with van der Waals surface area (Å²) in [5.41, 5.74) is 1.33. The molecular weight excluding hydrogens is 296 g/mol. The zero-order chi connectivity index (χ0) is 15.6. The number of carbonyl (C=O) groups is 2. The molecule has 1 fully saturated rings. The van der Waals surface area contributed by atoms with Gasteiger partial charge in [0.25, 0.3) is 0 Å². The minimum Gasteiger partial charge on any atom is -0.495 e. The summed E-state index contributed by atoms with van der Waals surface area (Å²) in [4.78, 5) is 24.6. The molecule has 1 aliphatic rings. The molecule has 1 aromatic rings. The van der Waals surface area contributed by atoms with Crippen molar-refractivity contribution in [3.63, 3.8) is 0 Å². The van der Waals surface area contributed by atoms with E-state index in [1.807, 2.05) is 6.92 Å². The first-order valence-corrected chi connectivity index (χ1v) is 6.93. The van der Waals surface area contributed by atoms with Crippen LogP contribution in [0.5, 0.6) is 5.75 Å². The molecule has 0 saturated carbocycles. The highest BCUT2D eigenvalue weighted by Crippen LogP contribution is 2.31. The second kappa shape index (κ2) is 6.22. The Balaban J connectivity index is 2.10. The van der Waals surface area contributed by atoms with Crippen molar-refractivity contribution in [2.75, 3.05) is 25.5 Å². The third-order valence-corrected chi connectivity index (χ3v) is 3.95. The Kier molecular flexibility index (Phi) is 4.57. The van der Waals surface area contributed by atoms with Gasteiger partial charge in [-0.15, -0.1) is 0 Å². The highest BCUT2D eigenvalue weighted by Gasteiger charge is 2.31. The molecule has 0 aliphatic carbocycles. The highest BCUT2D eigenvalue weighted by atomic mass is 35.5. The molecule has 1 saturated heterocycles. The van der Waals surface area contributed by atoms with E-state index in [1.54, 1.807) is 12.1 Å². The van der Waals surface area contributed by atoms with Crippen LogP contribution >= 0.6 is 11.6 Å². The second-order valence-electron chi connectivity index (χ2n) is 5.00. The molecule has 1 aromatic carbocycles. The number of aliphatic carboxylic acids is 1. The Morgan fingerprint density at radius 1 is 1.48 bits per heavy atom. The van der Waals surface area contributed by atoms with E-state index >= 15 is 0 Å². The van der Waals surface area contributed by atoms with Gasteiger partial charge >= 0.3 is 12.0 Å². The number of carbonyl (C=O) groups excluding carboxylic acids is 1. The summed E-state index contributed by atoms with van der Waals surface area (Å²) in [5.74, 6) is -0.900. The van der Waals surface area contributed by atoms with Gasteiger partial charge in [-0.1, -0.05) is 11.6 Å². The number of carboxylic acids is 1. The number of urea groups is 1. The number of hydrogen-bond acceptors (Lipinski definition) is 3. The number of rotatable bonds is 3. The number of amides is 2. The SMILES string of the molecule is COc1cc(Cl)c(C)cc1NC(=O)N1CCC(C(=O)O)C1. The van der Waals surface area contributed by atoms with Gasteiger partial charge in [0.05, 0.1) is 18.7 Å². The molecule has 1 heterocycles. The average Bonchev–Trinajstić information content (AvgIpc) is 2.92. The predicted octanol–water partition coefficient (Wildman–Crippen LogP) is 2.60. The number of aryl methyl sites for hydroxylation is 1. The van der Waals surface area contributed by atoms with Crippen LogP contribution in [0.2, 0.25) is 5.02 Å². The minimum absolute atomic E-state index is 0.218. The second-order valence-corrected chi connectivity index (χ2v) is 5.41. The van der Waals surface area contributed by atoms with E-state index in [2.05, 4.69) is 5.32 Å². The van der Waals surface area contributed by atoms with Crippen molar-refractivity contribution >= 4 is 29.3 Å². The number of nitrogens with zero attached hydrogens (tertiary/aromatic N) is 1. The lowest BCUT2D eigenvalue weighted by Gasteiger charge is -2.18. The van der Waals surface area contributed by atoms with E-state index in [0.29, 0.717) is 29.4 Å². The van der Waals surface area contributed by atoms with E-state index in [4.69, 9.17) is 21.4 Å². The molecule has 2 rings (SSSR count). The van der Waals surface area contributed by atoms with Crippen molar-refractivity contribution in [1.29, 1.82) is 0 Å². The maximum Gasteiger partial charge on any atom is 0.321 e. The van der Waals surface area contributed by atoms with Crippen LogP contribution in [0.1, 0.15) is 12.0 Å². The van der Waals surface area contributed by atoms with Crippen molar-refractivity contribution in [3.05, 3.63) is 22.7 Å². The smallest absolute Gasteiger partial charge is 0.321 e. The van der Waals surface area contributed by atoms with Crippen LogP contribution in [0.4, 0.5) is 10.5 Å². The number of ether oxygens (including phenoxy) is 1. The molecule has 1 aliphatic heterocycles. The van der Waals surface area contributed by atoms with Crippen molar-refractivity contribution in [2.24, 2.45) is 5.92 Å². The summed E-state index contributed by atoms with van der Waals surface area (Å²) in [6.07, 6.45) is 0.472. The third kappa shape index (κ3) is 3.39. The summed E-state index contributed by atoms with van der Waals surface area (Å²) < 4.78 is 5.19. The lowest BCUT2D eigenvalue weighted by molar-refractivity contribution is -0.141. The fourth-order valence-electron chi connectivity index (χ4n) is 2.27. The number of methoxy groups -OCH3 is 1. The number of hydrogen-bond donors (Lipinski definition) is 2. The Labute approximate surface area is 127 Å². The number of anilines is 1. The van der Waals surface area contributed by atoms with Gasteiger partial charge in [-0.3, -0.25) is 4.79 Å². The molecular formula is C14H17ClN2O4. The van der Waals surface area contributed by atoms with Crippen LogP contribution < -0.4 is 10.1 Å². The molecule has 1 unspecified atom stereocenters. The molecule has 7 heteroatoms. The molecule has 6 nitrogen and oxygen atoms in total. The van der Waals surface area contributed by atoms with Crippen molar-refractivity contribution in [1.82, 2.24) is 4.90 Å². The first-order chi connectivity index (χ1) is 9.92. The van der Waals surface area contributed by atoms with Crippen LogP contribution in [0.3, 0.4) is 0 Å². The van der Waals surface area contributed by atoms with Gasteiger partial charge in [-0.05, 0) is 25.0 Å². The standard InChI is InChI=1S/C14H17ClN2O4/c1-8-5-11(12(21-2)6-10(8)15)16-14(20)17-4-3-9(7-17)13(18)19/h5-6,9H,3-4,7H2,1-2H3,(H,16,20)(H,18,19). The van der Waals surface area contributed by atoms with E-state index in [0.717, 1.165) is 5.56 Å². The first kappa shape index (κ1) is 15.4. The fraction of sp³-hybridized carbons (Fsp3) is 0.429. The molecule has 0 bridgehead atoms. The molecule has 0 radical (unpaired) electrons. The highest BCUT2D eigenvalue weighted by molar-refractivity contribution is 6.31. The lowest BCUT2D eigenvalue weighted by atomic mass is 10.1. The number of nitrogens with one attached hydrogen (secondary N) is 1. The molecule has 1 atom stereocenters. The van der Waals surface area contributed by atoms with Crippen LogP contribution in [-0.2, 0) is 4.79 Å². The van der Waals surface area contributed by atoms with Crippen LogP contribution in [0, 0.1) is 12.8 Å². The first-order valence-electron chi connectivity index (χ1n) is 6.55. The maximum atomic E-state index is 12.2. The summed E-state index contributed by atoms with van der Waals surface area (Å²) in [6, 6.07) is 3.03. The topological polar surface area (TPSA) is 78.9 Å². The normalized spacial score (nSPS) is 17.7. The summed E-state index contributed by atoms with van der Waals surface area (Å²) >= 11 is 6.01. The number of benzene rings is 1. The van der Waals surface area contributed by atoms with Gasteiger partial charge < -0.3 is 20.1 Å². The van der Waals surface area contributed by atoms with E-state index in [9.17, 15) is 9.59 Å².